The van der Waals surface area contributed by atoms with E-state index in [2.05, 4.69) is 6.92 Å². The number of aryl methyl sites for hydroxylation is 1. The Bertz CT molecular complexity index is 307. The molecule has 14 heavy (non-hydrogen) atoms. The summed E-state index contributed by atoms with van der Waals surface area (Å²) in [7, 11) is 0. The van der Waals surface area contributed by atoms with Crippen molar-refractivity contribution < 1.29 is 4.79 Å². The van der Waals surface area contributed by atoms with Crippen molar-refractivity contribution in [2.24, 2.45) is 5.73 Å². The molecule has 0 aliphatic heterocycles. The molecule has 0 radical (unpaired) electrons. The maximum Gasteiger partial charge on any atom is 0.162 e. The van der Waals surface area contributed by atoms with Gasteiger partial charge in [0, 0.05) is 12.0 Å². The Balaban J connectivity index is 2.69. The Morgan fingerprint density at radius 1 is 1.43 bits per heavy atom. The highest BCUT2D eigenvalue weighted by Gasteiger charge is 2.04. The van der Waals surface area contributed by atoms with Gasteiger partial charge in [-0.15, -0.1) is 0 Å². The van der Waals surface area contributed by atoms with Crippen molar-refractivity contribution in [2.75, 3.05) is 6.54 Å². The van der Waals surface area contributed by atoms with E-state index in [1.54, 1.807) is 0 Å². The van der Waals surface area contributed by atoms with Crippen LogP contribution in [0.3, 0.4) is 0 Å². The molecule has 2 nitrogen and oxygen atoms in total. The van der Waals surface area contributed by atoms with Gasteiger partial charge in [0.2, 0.25) is 0 Å². The van der Waals surface area contributed by atoms with Gasteiger partial charge in [0.05, 0.1) is 0 Å². The molecule has 0 fully saturated rings. The predicted octanol–water partition coefficient (Wildman–Crippen LogP) is 2.17. The van der Waals surface area contributed by atoms with Gasteiger partial charge in [-0.3, -0.25) is 4.79 Å². The number of carbonyl (C=O) groups is 1. The van der Waals surface area contributed by atoms with E-state index in [9.17, 15) is 4.79 Å². The Kier molecular flexibility index (Phi) is 4.33. The first-order valence-corrected chi connectivity index (χ1v) is 5.10. The van der Waals surface area contributed by atoms with E-state index >= 15 is 0 Å². The fraction of sp³-hybridized carbons (Fsp3) is 0.417. The molecule has 0 bridgehead atoms. The lowest BCUT2D eigenvalue weighted by Gasteiger charge is -2.02. The molecule has 1 aromatic carbocycles. The molecular formula is C12H17NO. The Morgan fingerprint density at radius 3 is 2.86 bits per heavy atom. The summed E-state index contributed by atoms with van der Waals surface area (Å²) in [5.41, 5.74) is 7.39. The van der Waals surface area contributed by atoms with Crippen molar-refractivity contribution >= 4 is 5.78 Å². The van der Waals surface area contributed by atoms with Crippen molar-refractivity contribution in [1.29, 1.82) is 0 Å². The summed E-state index contributed by atoms with van der Waals surface area (Å²) < 4.78 is 0. The highest BCUT2D eigenvalue weighted by atomic mass is 16.1. The van der Waals surface area contributed by atoms with Crippen molar-refractivity contribution in [1.82, 2.24) is 0 Å². The Labute approximate surface area is 85.1 Å². The van der Waals surface area contributed by atoms with Crippen LogP contribution in [0, 0.1) is 0 Å². The maximum atomic E-state index is 11.6. The molecule has 0 amide bonds. The number of benzene rings is 1. The van der Waals surface area contributed by atoms with Crippen LogP contribution in [0.25, 0.3) is 0 Å². The molecule has 2 N–H and O–H groups in total. The van der Waals surface area contributed by atoms with Crippen LogP contribution >= 0.6 is 0 Å². The molecule has 0 heterocycles. The number of nitrogens with two attached hydrogens (primary N) is 1. The minimum Gasteiger partial charge on any atom is -0.330 e. The Hall–Kier alpha value is -1.15. The zero-order valence-electron chi connectivity index (χ0n) is 8.62. The Morgan fingerprint density at radius 2 is 2.21 bits per heavy atom. The van der Waals surface area contributed by atoms with Crippen LogP contribution in [0.1, 0.15) is 35.7 Å². The van der Waals surface area contributed by atoms with Crippen LogP contribution < -0.4 is 5.73 Å². The lowest BCUT2D eigenvalue weighted by Crippen LogP contribution is -2.05. The normalized spacial score (nSPS) is 10.1. The average molecular weight is 191 g/mol. The summed E-state index contributed by atoms with van der Waals surface area (Å²) in [6, 6.07) is 7.82. The maximum absolute atomic E-state index is 11.6. The molecule has 0 aliphatic rings. The van der Waals surface area contributed by atoms with Crippen LogP contribution in [-0.2, 0) is 6.42 Å². The molecule has 0 spiro atoms. The van der Waals surface area contributed by atoms with E-state index in [1.165, 1.54) is 5.56 Å². The molecule has 0 saturated heterocycles. The summed E-state index contributed by atoms with van der Waals surface area (Å²) in [5.74, 6) is 0.200. The molecular weight excluding hydrogens is 174 g/mol. The molecule has 2 heteroatoms. The largest absolute Gasteiger partial charge is 0.330 e. The molecule has 0 saturated carbocycles. The molecule has 76 valence electrons. The average Bonchev–Trinajstić information content (AvgIpc) is 2.26. The third kappa shape index (κ3) is 2.96. The fourth-order valence-corrected chi connectivity index (χ4v) is 1.37. The third-order valence-electron chi connectivity index (χ3n) is 2.27. The summed E-state index contributed by atoms with van der Waals surface area (Å²) in [6.07, 6.45) is 2.30. The topological polar surface area (TPSA) is 43.1 Å². The fourth-order valence-electron chi connectivity index (χ4n) is 1.37. The van der Waals surface area contributed by atoms with Crippen LogP contribution in [0.2, 0.25) is 0 Å². The predicted molar refractivity (Wildman–Crippen MR) is 58.4 cm³/mol. The van der Waals surface area contributed by atoms with Gasteiger partial charge in [-0.1, -0.05) is 25.1 Å². The minimum absolute atomic E-state index is 0.200. The van der Waals surface area contributed by atoms with Gasteiger partial charge in [0.15, 0.2) is 5.78 Å². The van der Waals surface area contributed by atoms with Gasteiger partial charge < -0.3 is 5.73 Å². The van der Waals surface area contributed by atoms with Gasteiger partial charge >= 0.3 is 0 Å². The summed E-state index contributed by atoms with van der Waals surface area (Å²) in [4.78, 5) is 11.6. The minimum atomic E-state index is 0.200. The smallest absolute Gasteiger partial charge is 0.162 e. The summed E-state index contributed by atoms with van der Waals surface area (Å²) in [6.45, 7) is 2.67. The van der Waals surface area contributed by atoms with Crippen LogP contribution in [-0.4, -0.2) is 12.3 Å². The lowest BCUT2D eigenvalue weighted by molar-refractivity contribution is 0.0980. The van der Waals surface area contributed by atoms with Gasteiger partial charge in [-0.2, -0.15) is 0 Å². The number of hydrogen-bond acceptors (Lipinski definition) is 2. The van der Waals surface area contributed by atoms with E-state index in [-0.39, 0.29) is 5.78 Å². The van der Waals surface area contributed by atoms with Crippen LogP contribution in [0.5, 0.6) is 0 Å². The van der Waals surface area contributed by atoms with E-state index in [0.717, 1.165) is 18.4 Å². The van der Waals surface area contributed by atoms with E-state index in [1.807, 2.05) is 24.3 Å². The van der Waals surface area contributed by atoms with Crippen molar-refractivity contribution in [3.63, 3.8) is 0 Å². The molecule has 0 aromatic heterocycles. The number of Topliss-reactive ketones (excluding diaryl/α,β-unsaturated/α-hetero) is 1. The molecule has 1 aromatic rings. The number of carbonyl (C=O) groups excluding carboxylic acids is 1. The highest BCUT2D eigenvalue weighted by molar-refractivity contribution is 5.96. The van der Waals surface area contributed by atoms with Crippen LogP contribution in [0.4, 0.5) is 0 Å². The van der Waals surface area contributed by atoms with Crippen molar-refractivity contribution in [3.05, 3.63) is 35.4 Å². The molecule has 0 aliphatic carbocycles. The molecule has 0 unspecified atom stereocenters. The second kappa shape index (κ2) is 5.55. The summed E-state index contributed by atoms with van der Waals surface area (Å²) in [5, 5.41) is 0. The first kappa shape index (κ1) is 10.9. The first-order valence-electron chi connectivity index (χ1n) is 5.10. The SMILES string of the molecule is CCc1cccc(C(=O)CCCN)c1. The number of rotatable bonds is 5. The number of ketones is 1. The quantitative estimate of drug-likeness (QED) is 0.725. The van der Waals surface area contributed by atoms with Gasteiger partial charge in [-0.25, -0.2) is 0 Å². The van der Waals surface area contributed by atoms with Crippen molar-refractivity contribution in [2.45, 2.75) is 26.2 Å². The van der Waals surface area contributed by atoms with Crippen LogP contribution in [0.15, 0.2) is 24.3 Å². The standard InChI is InChI=1S/C12H17NO/c1-2-10-5-3-6-11(9-10)12(14)7-4-8-13/h3,5-6,9H,2,4,7-8,13H2,1H3. The van der Waals surface area contributed by atoms with E-state index in [4.69, 9.17) is 5.73 Å². The van der Waals surface area contributed by atoms with Gasteiger partial charge in [0.1, 0.15) is 0 Å². The highest BCUT2D eigenvalue weighted by Crippen LogP contribution is 2.09. The van der Waals surface area contributed by atoms with Gasteiger partial charge in [0.25, 0.3) is 0 Å². The monoisotopic (exact) mass is 191 g/mol. The van der Waals surface area contributed by atoms with Gasteiger partial charge in [-0.05, 0) is 31.0 Å². The summed E-state index contributed by atoms with van der Waals surface area (Å²) >= 11 is 0. The second-order valence-electron chi connectivity index (χ2n) is 3.37. The van der Waals surface area contributed by atoms with E-state index < -0.39 is 0 Å². The zero-order valence-corrected chi connectivity index (χ0v) is 8.62. The number of hydrogen-bond donors (Lipinski definition) is 1. The molecule has 0 atom stereocenters. The van der Waals surface area contributed by atoms with E-state index in [0.29, 0.717) is 13.0 Å². The zero-order chi connectivity index (χ0) is 10.4. The molecule has 1 rings (SSSR count). The first-order chi connectivity index (χ1) is 6.77. The third-order valence-corrected chi connectivity index (χ3v) is 2.27. The second-order valence-corrected chi connectivity index (χ2v) is 3.37. The van der Waals surface area contributed by atoms with Crippen molar-refractivity contribution in [3.8, 4) is 0 Å². The lowest BCUT2D eigenvalue weighted by atomic mass is 10.0.